The van der Waals surface area contributed by atoms with Crippen molar-refractivity contribution < 1.29 is 4.74 Å². The standard InChI is InChI=1S/C19H31NO/c1-15-12-16(2)14-18(13-15)17(3)20-10-7-11-21-19-8-5-4-6-9-19/h12-14,17,19-20H,4-11H2,1-3H3. The van der Waals surface area contributed by atoms with Crippen molar-refractivity contribution in [2.75, 3.05) is 13.2 Å². The van der Waals surface area contributed by atoms with Crippen LogP contribution in [0.3, 0.4) is 0 Å². The van der Waals surface area contributed by atoms with Gasteiger partial charge in [-0.3, -0.25) is 0 Å². The largest absolute Gasteiger partial charge is 0.378 e. The summed E-state index contributed by atoms with van der Waals surface area (Å²) in [6, 6.07) is 7.21. The third kappa shape index (κ3) is 5.80. The average molecular weight is 289 g/mol. The fourth-order valence-corrected chi connectivity index (χ4v) is 3.25. The van der Waals surface area contributed by atoms with Crippen LogP contribution in [0.1, 0.15) is 68.2 Å². The third-order valence-corrected chi connectivity index (χ3v) is 4.42. The minimum absolute atomic E-state index is 0.415. The van der Waals surface area contributed by atoms with Crippen molar-refractivity contribution >= 4 is 0 Å². The van der Waals surface area contributed by atoms with Gasteiger partial charge < -0.3 is 10.1 Å². The molecule has 1 fully saturated rings. The normalized spacial score (nSPS) is 17.9. The first-order chi connectivity index (χ1) is 10.1. The van der Waals surface area contributed by atoms with Crippen molar-refractivity contribution in [2.24, 2.45) is 0 Å². The number of rotatable bonds is 7. The molecule has 0 radical (unpaired) electrons. The Hall–Kier alpha value is -0.860. The van der Waals surface area contributed by atoms with Crippen LogP contribution in [-0.4, -0.2) is 19.3 Å². The van der Waals surface area contributed by atoms with Gasteiger partial charge in [0, 0.05) is 12.6 Å². The highest BCUT2D eigenvalue weighted by atomic mass is 16.5. The molecule has 0 heterocycles. The van der Waals surface area contributed by atoms with Gasteiger partial charge in [0.25, 0.3) is 0 Å². The smallest absolute Gasteiger partial charge is 0.0575 e. The molecule has 0 spiro atoms. The molecule has 118 valence electrons. The number of aryl methyl sites for hydroxylation is 2. The second kappa shape index (κ2) is 8.55. The lowest BCUT2D eigenvalue weighted by molar-refractivity contribution is 0.0271. The van der Waals surface area contributed by atoms with Crippen LogP contribution >= 0.6 is 0 Å². The molecule has 1 aliphatic rings. The Kier molecular flexibility index (Phi) is 6.72. The van der Waals surface area contributed by atoms with Gasteiger partial charge in [-0.1, -0.05) is 48.6 Å². The Morgan fingerprint density at radius 3 is 2.43 bits per heavy atom. The van der Waals surface area contributed by atoms with Crippen molar-refractivity contribution in [1.29, 1.82) is 0 Å². The lowest BCUT2D eigenvalue weighted by Gasteiger charge is -2.22. The van der Waals surface area contributed by atoms with Gasteiger partial charge in [-0.2, -0.15) is 0 Å². The number of hydrogen-bond acceptors (Lipinski definition) is 2. The second-order valence-electron chi connectivity index (χ2n) is 6.58. The van der Waals surface area contributed by atoms with Crippen molar-refractivity contribution in [3.63, 3.8) is 0 Å². The van der Waals surface area contributed by atoms with Gasteiger partial charge in [-0.15, -0.1) is 0 Å². The molecule has 1 aromatic carbocycles. The molecule has 0 saturated heterocycles. The number of ether oxygens (including phenoxy) is 1. The molecule has 0 aromatic heterocycles. The summed E-state index contributed by atoms with van der Waals surface area (Å²) in [4.78, 5) is 0. The van der Waals surface area contributed by atoms with E-state index in [1.807, 2.05) is 0 Å². The monoisotopic (exact) mass is 289 g/mol. The van der Waals surface area contributed by atoms with Gasteiger partial charge in [0.05, 0.1) is 6.10 Å². The fourth-order valence-electron chi connectivity index (χ4n) is 3.25. The maximum Gasteiger partial charge on any atom is 0.0575 e. The first-order valence-corrected chi connectivity index (χ1v) is 8.58. The van der Waals surface area contributed by atoms with E-state index in [-0.39, 0.29) is 0 Å². The number of benzene rings is 1. The summed E-state index contributed by atoms with van der Waals surface area (Å²) in [6.07, 6.45) is 8.29. The zero-order chi connectivity index (χ0) is 15.1. The quantitative estimate of drug-likeness (QED) is 0.735. The Labute approximate surface area is 130 Å². The first-order valence-electron chi connectivity index (χ1n) is 8.58. The van der Waals surface area contributed by atoms with Crippen LogP contribution in [0, 0.1) is 13.8 Å². The van der Waals surface area contributed by atoms with Gasteiger partial charge in [0.1, 0.15) is 0 Å². The zero-order valence-electron chi connectivity index (χ0n) is 14.0. The Bertz CT molecular complexity index is 403. The van der Waals surface area contributed by atoms with Crippen molar-refractivity contribution in [1.82, 2.24) is 5.32 Å². The van der Waals surface area contributed by atoms with Crippen molar-refractivity contribution in [2.45, 2.75) is 71.4 Å². The molecule has 1 N–H and O–H groups in total. The molecule has 1 atom stereocenters. The van der Waals surface area contributed by atoms with E-state index >= 15 is 0 Å². The van der Waals surface area contributed by atoms with Crippen LogP contribution in [0.25, 0.3) is 0 Å². The van der Waals surface area contributed by atoms with E-state index in [1.54, 1.807) is 0 Å². The lowest BCUT2D eigenvalue weighted by atomic mass is 9.98. The molecule has 2 rings (SSSR count). The Morgan fingerprint density at radius 1 is 1.10 bits per heavy atom. The fraction of sp³-hybridized carbons (Fsp3) is 0.684. The second-order valence-corrected chi connectivity index (χ2v) is 6.58. The van der Waals surface area contributed by atoms with E-state index in [1.165, 1.54) is 48.8 Å². The first kappa shape index (κ1) is 16.5. The summed E-state index contributed by atoms with van der Waals surface area (Å²) in [5, 5.41) is 3.61. The highest BCUT2D eigenvalue weighted by Gasteiger charge is 2.13. The molecule has 1 unspecified atom stereocenters. The van der Waals surface area contributed by atoms with Crippen molar-refractivity contribution in [3.05, 3.63) is 34.9 Å². The van der Waals surface area contributed by atoms with E-state index in [2.05, 4.69) is 44.3 Å². The maximum absolute atomic E-state index is 5.97. The van der Waals surface area contributed by atoms with Crippen molar-refractivity contribution in [3.8, 4) is 0 Å². The van der Waals surface area contributed by atoms with E-state index < -0.39 is 0 Å². The minimum atomic E-state index is 0.415. The summed E-state index contributed by atoms with van der Waals surface area (Å²) in [7, 11) is 0. The Balaban J connectivity index is 1.63. The minimum Gasteiger partial charge on any atom is -0.378 e. The molecule has 0 amide bonds. The highest BCUT2D eigenvalue weighted by molar-refractivity contribution is 5.30. The molecule has 0 aliphatic heterocycles. The van der Waals surface area contributed by atoms with Gasteiger partial charge in [0.15, 0.2) is 0 Å². The summed E-state index contributed by atoms with van der Waals surface area (Å²) in [5.74, 6) is 0. The topological polar surface area (TPSA) is 21.3 Å². The number of nitrogens with one attached hydrogen (secondary N) is 1. The van der Waals surface area contributed by atoms with Crippen LogP contribution in [0.4, 0.5) is 0 Å². The molecule has 1 saturated carbocycles. The molecule has 1 aliphatic carbocycles. The van der Waals surface area contributed by atoms with Crippen LogP contribution in [0.15, 0.2) is 18.2 Å². The van der Waals surface area contributed by atoms with E-state index in [9.17, 15) is 0 Å². The van der Waals surface area contributed by atoms with E-state index in [0.29, 0.717) is 12.1 Å². The third-order valence-electron chi connectivity index (χ3n) is 4.42. The maximum atomic E-state index is 5.97. The molecular weight excluding hydrogens is 258 g/mol. The van der Waals surface area contributed by atoms with E-state index in [4.69, 9.17) is 4.74 Å². The zero-order valence-corrected chi connectivity index (χ0v) is 14.0. The molecule has 1 aromatic rings. The molecule has 2 nitrogen and oxygen atoms in total. The molecule has 0 bridgehead atoms. The van der Waals surface area contributed by atoms with Crippen LogP contribution in [0.2, 0.25) is 0 Å². The Morgan fingerprint density at radius 2 is 1.76 bits per heavy atom. The van der Waals surface area contributed by atoms with Gasteiger partial charge in [-0.05, 0) is 52.1 Å². The van der Waals surface area contributed by atoms with Gasteiger partial charge >= 0.3 is 0 Å². The van der Waals surface area contributed by atoms with E-state index in [0.717, 1.165) is 19.6 Å². The molecule has 21 heavy (non-hydrogen) atoms. The van der Waals surface area contributed by atoms with Crippen LogP contribution < -0.4 is 5.32 Å². The predicted octanol–water partition coefficient (Wildman–Crippen LogP) is 4.69. The van der Waals surface area contributed by atoms with Crippen LogP contribution in [-0.2, 0) is 4.74 Å². The summed E-state index contributed by atoms with van der Waals surface area (Å²) in [6.45, 7) is 8.51. The number of hydrogen-bond donors (Lipinski definition) is 1. The molecular formula is C19H31NO. The summed E-state index contributed by atoms with van der Waals surface area (Å²) < 4.78 is 5.97. The van der Waals surface area contributed by atoms with Gasteiger partial charge in [0.2, 0.25) is 0 Å². The SMILES string of the molecule is Cc1cc(C)cc(C(C)NCCCOC2CCCCC2)c1. The summed E-state index contributed by atoms with van der Waals surface area (Å²) in [5.41, 5.74) is 4.08. The summed E-state index contributed by atoms with van der Waals surface area (Å²) >= 11 is 0. The predicted molar refractivity (Wildman–Crippen MR) is 89.8 cm³/mol. The van der Waals surface area contributed by atoms with Crippen LogP contribution in [0.5, 0.6) is 0 Å². The highest BCUT2D eigenvalue weighted by Crippen LogP contribution is 2.20. The average Bonchev–Trinajstić information content (AvgIpc) is 2.47. The molecule has 2 heteroatoms. The lowest BCUT2D eigenvalue weighted by Crippen LogP contribution is -2.23. The van der Waals surface area contributed by atoms with Gasteiger partial charge in [-0.25, -0.2) is 0 Å².